The van der Waals surface area contributed by atoms with Gasteiger partial charge in [-0.05, 0) is 6.07 Å². The maximum Gasteiger partial charge on any atom is 0.336 e. The molecule has 98 valence electrons. The first-order valence-electron chi connectivity index (χ1n) is 5.37. The van der Waals surface area contributed by atoms with Crippen LogP contribution in [0.2, 0.25) is 10.0 Å². The number of aromatic nitrogens is 1. The van der Waals surface area contributed by atoms with Crippen LogP contribution in [-0.4, -0.2) is 43.9 Å². The van der Waals surface area contributed by atoms with Gasteiger partial charge in [0.05, 0.1) is 30.3 Å². The lowest BCUT2D eigenvalue weighted by Gasteiger charge is -2.32. The molecule has 0 spiro atoms. The van der Waals surface area contributed by atoms with E-state index in [0.717, 1.165) is 0 Å². The van der Waals surface area contributed by atoms with Crippen molar-refractivity contribution >= 4 is 35.0 Å². The summed E-state index contributed by atoms with van der Waals surface area (Å²) in [7, 11) is 1.33. The van der Waals surface area contributed by atoms with Crippen LogP contribution >= 0.6 is 23.2 Å². The molecule has 1 unspecified atom stereocenters. The molecule has 2 rings (SSSR count). The van der Waals surface area contributed by atoms with Gasteiger partial charge in [-0.15, -0.1) is 0 Å². The molecule has 0 radical (unpaired) electrons. The number of hydrogen-bond donors (Lipinski definition) is 0. The minimum absolute atomic E-state index is 0.362. The third kappa shape index (κ3) is 2.85. The van der Waals surface area contributed by atoms with Crippen molar-refractivity contribution in [3.8, 4) is 0 Å². The number of esters is 1. The van der Waals surface area contributed by atoms with Gasteiger partial charge < -0.3 is 14.4 Å². The predicted molar refractivity (Wildman–Crippen MR) is 68.2 cm³/mol. The molecular formula is C11H12Cl2N2O3. The molecule has 0 aliphatic carbocycles. The lowest BCUT2D eigenvalue weighted by Crippen LogP contribution is -2.47. The number of morpholine rings is 1. The lowest BCUT2D eigenvalue weighted by molar-refractivity contribution is -0.154. The highest BCUT2D eigenvalue weighted by Gasteiger charge is 2.28. The van der Waals surface area contributed by atoms with Gasteiger partial charge in [-0.2, -0.15) is 0 Å². The highest BCUT2D eigenvalue weighted by atomic mass is 35.5. The van der Waals surface area contributed by atoms with Gasteiger partial charge in [0.15, 0.2) is 6.10 Å². The Morgan fingerprint density at radius 1 is 1.61 bits per heavy atom. The van der Waals surface area contributed by atoms with Gasteiger partial charge in [-0.1, -0.05) is 23.2 Å². The highest BCUT2D eigenvalue weighted by molar-refractivity contribution is 6.36. The molecule has 7 heteroatoms. The van der Waals surface area contributed by atoms with Crippen molar-refractivity contribution in [2.75, 3.05) is 31.7 Å². The molecule has 0 N–H and O–H groups in total. The number of nitrogens with zero attached hydrogens (tertiary/aromatic N) is 2. The second-order valence-corrected chi connectivity index (χ2v) is 4.63. The Bertz CT molecular complexity index is 456. The fraction of sp³-hybridized carbons (Fsp3) is 0.455. The third-order valence-electron chi connectivity index (χ3n) is 2.62. The van der Waals surface area contributed by atoms with Crippen molar-refractivity contribution < 1.29 is 14.3 Å². The molecule has 1 aliphatic heterocycles. The Kier molecular flexibility index (Phi) is 4.27. The van der Waals surface area contributed by atoms with E-state index in [0.29, 0.717) is 35.6 Å². The summed E-state index contributed by atoms with van der Waals surface area (Å²) in [5, 5.41) is 0.926. The van der Waals surface area contributed by atoms with Crippen LogP contribution in [0, 0.1) is 0 Å². The summed E-state index contributed by atoms with van der Waals surface area (Å²) in [6.07, 6.45) is 0.906. The molecular weight excluding hydrogens is 279 g/mol. The summed E-state index contributed by atoms with van der Waals surface area (Å²) in [6, 6.07) is 1.62. The van der Waals surface area contributed by atoms with E-state index in [1.807, 2.05) is 4.90 Å². The lowest BCUT2D eigenvalue weighted by atomic mass is 10.2. The summed E-state index contributed by atoms with van der Waals surface area (Å²) in [5.74, 6) is 0.197. The largest absolute Gasteiger partial charge is 0.467 e. The first-order valence-corrected chi connectivity index (χ1v) is 6.13. The van der Waals surface area contributed by atoms with Crippen LogP contribution in [0.15, 0.2) is 12.3 Å². The van der Waals surface area contributed by atoms with Gasteiger partial charge in [-0.25, -0.2) is 9.78 Å². The molecule has 18 heavy (non-hydrogen) atoms. The predicted octanol–water partition coefficient (Wildman–Crippen LogP) is 1.77. The quantitative estimate of drug-likeness (QED) is 0.777. The van der Waals surface area contributed by atoms with E-state index in [4.69, 9.17) is 27.9 Å². The van der Waals surface area contributed by atoms with Crippen LogP contribution in [0.1, 0.15) is 0 Å². The van der Waals surface area contributed by atoms with Crippen molar-refractivity contribution in [2.45, 2.75) is 6.10 Å². The Hall–Kier alpha value is -1.04. The molecule has 2 heterocycles. The highest BCUT2D eigenvalue weighted by Crippen LogP contribution is 2.27. The smallest absolute Gasteiger partial charge is 0.336 e. The minimum atomic E-state index is -0.614. The van der Waals surface area contributed by atoms with Crippen LogP contribution in [0.3, 0.4) is 0 Å². The van der Waals surface area contributed by atoms with E-state index < -0.39 is 12.1 Å². The fourth-order valence-electron chi connectivity index (χ4n) is 1.76. The number of methoxy groups -OCH3 is 1. The molecule has 0 bridgehead atoms. The summed E-state index contributed by atoms with van der Waals surface area (Å²) < 4.78 is 9.99. The van der Waals surface area contributed by atoms with E-state index >= 15 is 0 Å². The number of carbonyl (C=O) groups excluding carboxylic acids is 1. The second kappa shape index (κ2) is 5.73. The second-order valence-electron chi connectivity index (χ2n) is 3.79. The average molecular weight is 291 g/mol. The topological polar surface area (TPSA) is 51.7 Å². The minimum Gasteiger partial charge on any atom is -0.467 e. The van der Waals surface area contributed by atoms with Gasteiger partial charge in [-0.3, -0.25) is 0 Å². The van der Waals surface area contributed by atoms with Crippen LogP contribution in [0.25, 0.3) is 0 Å². The van der Waals surface area contributed by atoms with Crippen molar-refractivity contribution in [3.05, 3.63) is 22.3 Å². The number of pyridine rings is 1. The molecule has 0 amide bonds. The summed E-state index contributed by atoms with van der Waals surface area (Å²) in [5.41, 5.74) is 0. The summed E-state index contributed by atoms with van der Waals surface area (Å²) in [4.78, 5) is 17.5. The fourth-order valence-corrected chi connectivity index (χ4v) is 2.26. The molecule has 1 fully saturated rings. The SMILES string of the molecule is COC(=O)C1CN(c2ncc(Cl)cc2Cl)CCO1. The zero-order valence-electron chi connectivity index (χ0n) is 9.73. The number of rotatable bonds is 2. The molecule has 0 aromatic carbocycles. The Balaban J connectivity index is 2.15. The molecule has 5 nitrogen and oxygen atoms in total. The molecule has 1 aromatic heterocycles. The van der Waals surface area contributed by atoms with Crippen molar-refractivity contribution in [3.63, 3.8) is 0 Å². The molecule has 0 saturated carbocycles. The molecule has 1 atom stereocenters. The van der Waals surface area contributed by atoms with Crippen molar-refractivity contribution in [1.82, 2.24) is 4.98 Å². The summed E-state index contributed by atoms with van der Waals surface area (Å²) in [6.45, 7) is 1.39. The standard InChI is InChI=1S/C11H12Cl2N2O3/c1-17-11(16)9-6-15(2-3-18-9)10-8(13)4-7(12)5-14-10/h4-5,9H,2-3,6H2,1H3. The van der Waals surface area contributed by atoms with Crippen LogP contribution < -0.4 is 4.90 Å². The maximum atomic E-state index is 11.4. The number of carbonyl (C=O) groups is 1. The van der Waals surface area contributed by atoms with E-state index in [1.165, 1.54) is 13.3 Å². The van der Waals surface area contributed by atoms with E-state index in [2.05, 4.69) is 9.72 Å². The Labute approximate surface area is 115 Å². The molecule has 1 saturated heterocycles. The zero-order chi connectivity index (χ0) is 13.1. The van der Waals surface area contributed by atoms with Crippen LogP contribution in [-0.2, 0) is 14.3 Å². The van der Waals surface area contributed by atoms with Crippen molar-refractivity contribution in [1.29, 1.82) is 0 Å². The maximum absolute atomic E-state index is 11.4. The number of hydrogen-bond acceptors (Lipinski definition) is 5. The first-order chi connectivity index (χ1) is 8.61. The van der Waals surface area contributed by atoms with E-state index in [9.17, 15) is 4.79 Å². The molecule has 1 aromatic rings. The number of ether oxygens (including phenoxy) is 2. The van der Waals surface area contributed by atoms with Gasteiger partial charge in [0, 0.05) is 12.7 Å². The van der Waals surface area contributed by atoms with E-state index in [1.54, 1.807) is 6.07 Å². The Morgan fingerprint density at radius 2 is 2.39 bits per heavy atom. The van der Waals surface area contributed by atoms with Gasteiger partial charge in [0.1, 0.15) is 5.82 Å². The monoisotopic (exact) mass is 290 g/mol. The number of halogens is 2. The average Bonchev–Trinajstić information content (AvgIpc) is 2.38. The number of anilines is 1. The van der Waals surface area contributed by atoms with Gasteiger partial charge in [0.2, 0.25) is 0 Å². The van der Waals surface area contributed by atoms with Gasteiger partial charge >= 0.3 is 5.97 Å². The van der Waals surface area contributed by atoms with E-state index in [-0.39, 0.29) is 0 Å². The van der Waals surface area contributed by atoms with Crippen LogP contribution in [0.4, 0.5) is 5.82 Å². The zero-order valence-corrected chi connectivity index (χ0v) is 11.2. The Morgan fingerprint density at radius 3 is 3.06 bits per heavy atom. The van der Waals surface area contributed by atoms with Gasteiger partial charge in [0.25, 0.3) is 0 Å². The normalized spacial score (nSPS) is 19.7. The third-order valence-corrected chi connectivity index (χ3v) is 3.10. The van der Waals surface area contributed by atoms with Crippen LogP contribution in [0.5, 0.6) is 0 Å². The summed E-state index contributed by atoms with van der Waals surface area (Å²) >= 11 is 11.9. The molecule has 1 aliphatic rings. The first kappa shape index (κ1) is 13.4. The van der Waals surface area contributed by atoms with Crippen molar-refractivity contribution in [2.24, 2.45) is 0 Å².